The lowest BCUT2D eigenvalue weighted by atomic mass is 9.74. The van der Waals surface area contributed by atoms with Crippen LogP contribution in [-0.4, -0.2) is 52.0 Å². The van der Waals surface area contributed by atoms with Crippen LogP contribution >= 0.6 is 24.0 Å². The number of hydrogen-bond acceptors (Lipinski definition) is 3. The van der Waals surface area contributed by atoms with E-state index in [0.717, 1.165) is 63.6 Å². The van der Waals surface area contributed by atoms with Crippen molar-refractivity contribution in [3.05, 3.63) is 35.6 Å². The molecule has 1 saturated heterocycles. The average Bonchev–Trinajstić information content (AvgIpc) is 3.25. The molecule has 32 heavy (non-hydrogen) atoms. The Bertz CT molecular complexity index is 704. The Kier molecular flexibility index (Phi) is 11.7. The number of guanidine groups is 1. The molecule has 1 aromatic carbocycles. The summed E-state index contributed by atoms with van der Waals surface area (Å²) in [6.45, 7) is 9.50. The molecule has 0 bridgehead atoms. The molecule has 5 nitrogen and oxygen atoms in total. The van der Waals surface area contributed by atoms with E-state index in [4.69, 9.17) is 14.5 Å². The highest BCUT2D eigenvalue weighted by atomic mass is 127. The highest BCUT2D eigenvalue weighted by Gasteiger charge is 2.36. The van der Waals surface area contributed by atoms with Crippen LogP contribution in [0.25, 0.3) is 0 Å². The number of aliphatic imine (C=N–C) groups is 1. The largest absolute Gasteiger partial charge is 0.382 e. The lowest BCUT2D eigenvalue weighted by Gasteiger charge is -2.38. The van der Waals surface area contributed by atoms with Crippen molar-refractivity contribution in [2.45, 2.75) is 64.2 Å². The molecule has 1 aromatic rings. The summed E-state index contributed by atoms with van der Waals surface area (Å²) in [6, 6.07) is 7.04. The first-order valence-corrected chi connectivity index (χ1v) is 12.1. The van der Waals surface area contributed by atoms with Crippen molar-refractivity contribution in [1.82, 2.24) is 10.6 Å². The fourth-order valence-corrected chi connectivity index (χ4v) is 5.03. The Morgan fingerprint density at radius 1 is 1.12 bits per heavy atom. The van der Waals surface area contributed by atoms with E-state index in [0.29, 0.717) is 13.2 Å². The van der Waals surface area contributed by atoms with Crippen LogP contribution < -0.4 is 10.6 Å². The molecule has 1 aliphatic carbocycles. The Hall–Kier alpha value is -0.930. The standard InChI is InChI=1S/C25H40FN3O2.HI/c1-3-27-23(28-19-24(10-5-6-11-24)12-15-30-4-2)29-20-25(13-16-31-17-14-25)21-8-7-9-22(26)18-21;/h7-9,18H,3-6,10-17,19-20H2,1-2H3,(H2,27,28,29);1H. The maximum absolute atomic E-state index is 14.0. The molecule has 2 fully saturated rings. The summed E-state index contributed by atoms with van der Waals surface area (Å²) in [4.78, 5) is 5.01. The predicted octanol–water partition coefficient (Wildman–Crippen LogP) is 5.03. The van der Waals surface area contributed by atoms with Crippen LogP contribution in [0.2, 0.25) is 0 Å². The van der Waals surface area contributed by atoms with Gasteiger partial charge in [-0.2, -0.15) is 0 Å². The van der Waals surface area contributed by atoms with Gasteiger partial charge in [0.1, 0.15) is 5.82 Å². The van der Waals surface area contributed by atoms with Gasteiger partial charge in [0.15, 0.2) is 5.96 Å². The second kappa shape index (κ2) is 13.7. The molecule has 182 valence electrons. The first-order valence-electron chi connectivity index (χ1n) is 12.1. The van der Waals surface area contributed by atoms with E-state index in [9.17, 15) is 4.39 Å². The van der Waals surface area contributed by atoms with Crippen LogP contribution in [0.15, 0.2) is 29.3 Å². The summed E-state index contributed by atoms with van der Waals surface area (Å²) in [5.41, 5.74) is 1.16. The lowest BCUT2D eigenvalue weighted by molar-refractivity contribution is 0.0512. The molecule has 1 heterocycles. The summed E-state index contributed by atoms with van der Waals surface area (Å²) in [6.07, 6.45) is 7.86. The van der Waals surface area contributed by atoms with Crippen LogP contribution in [0.4, 0.5) is 4.39 Å². The monoisotopic (exact) mass is 561 g/mol. The minimum Gasteiger partial charge on any atom is -0.382 e. The molecular weight excluding hydrogens is 520 g/mol. The van der Waals surface area contributed by atoms with Crippen molar-refractivity contribution in [3.63, 3.8) is 0 Å². The third kappa shape index (κ3) is 7.55. The zero-order chi connectivity index (χ0) is 22.0. The molecule has 7 heteroatoms. The third-order valence-electron chi connectivity index (χ3n) is 7.04. The van der Waals surface area contributed by atoms with Gasteiger partial charge in [0.05, 0.1) is 0 Å². The van der Waals surface area contributed by atoms with Crippen LogP contribution in [-0.2, 0) is 14.9 Å². The first-order chi connectivity index (χ1) is 15.1. The smallest absolute Gasteiger partial charge is 0.191 e. The van der Waals surface area contributed by atoms with Crippen molar-refractivity contribution < 1.29 is 13.9 Å². The second-order valence-corrected chi connectivity index (χ2v) is 9.11. The molecule has 0 atom stereocenters. The number of ether oxygens (including phenoxy) is 2. The van der Waals surface area contributed by atoms with Crippen molar-refractivity contribution in [3.8, 4) is 0 Å². The summed E-state index contributed by atoms with van der Waals surface area (Å²) in [5.74, 6) is 0.675. The van der Waals surface area contributed by atoms with Gasteiger partial charge in [0, 0.05) is 51.5 Å². The van der Waals surface area contributed by atoms with E-state index in [1.165, 1.54) is 31.7 Å². The third-order valence-corrected chi connectivity index (χ3v) is 7.04. The maximum atomic E-state index is 14.0. The summed E-state index contributed by atoms with van der Waals surface area (Å²) in [7, 11) is 0. The first kappa shape index (κ1) is 27.3. The van der Waals surface area contributed by atoms with Gasteiger partial charge < -0.3 is 20.1 Å². The van der Waals surface area contributed by atoms with E-state index in [1.54, 1.807) is 6.07 Å². The maximum Gasteiger partial charge on any atom is 0.191 e. The quantitative estimate of drug-likeness (QED) is 0.182. The Balaban J connectivity index is 0.00000363. The van der Waals surface area contributed by atoms with Crippen LogP contribution in [0.1, 0.15) is 64.4 Å². The fourth-order valence-electron chi connectivity index (χ4n) is 5.03. The zero-order valence-electron chi connectivity index (χ0n) is 19.8. The van der Waals surface area contributed by atoms with Crippen LogP contribution in [0.5, 0.6) is 0 Å². The molecular formula is C25H41FIN3O2. The number of benzene rings is 1. The molecule has 2 aliphatic rings. The van der Waals surface area contributed by atoms with Crippen molar-refractivity contribution in [2.75, 3.05) is 46.1 Å². The van der Waals surface area contributed by atoms with Gasteiger partial charge in [0.2, 0.25) is 0 Å². The number of hydrogen-bond donors (Lipinski definition) is 2. The molecule has 3 rings (SSSR count). The number of rotatable bonds is 10. The molecule has 1 aliphatic heterocycles. The minimum absolute atomic E-state index is 0. The molecule has 2 N–H and O–H groups in total. The van der Waals surface area contributed by atoms with Crippen molar-refractivity contribution in [1.29, 1.82) is 0 Å². The van der Waals surface area contributed by atoms with Crippen molar-refractivity contribution >= 4 is 29.9 Å². The second-order valence-electron chi connectivity index (χ2n) is 9.11. The molecule has 1 saturated carbocycles. The van der Waals surface area contributed by atoms with Gasteiger partial charge in [-0.1, -0.05) is 25.0 Å². The normalized spacial score (nSPS) is 19.9. The summed E-state index contributed by atoms with van der Waals surface area (Å²) < 4.78 is 25.3. The zero-order valence-corrected chi connectivity index (χ0v) is 22.1. The van der Waals surface area contributed by atoms with Gasteiger partial charge in [-0.3, -0.25) is 4.99 Å². The van der Waals surface area contributed by atoms with Gasteiger partial charge >= 0.3 is 0 Å². The van der Waals surface area contributed by atoms with Gasteiger partial charge in [-0.15, -0.1) is 24.0 Å². The van der Waals surface area contributed by atoms with Gasteiger partial charge in [-0.05, 0) is 69.1 Å². The lowest BCUT2D eigenvalue weighted by Crippen LogP contribution is -2.48. The molecule has 0 radical (unpaired) electrons. The topological polar surface area (TPSA) is 54.9 Å². The van der Waals surface area contributed by atoms with E-state index in [1.807, 2.05) is 12.1 Å². The van der Waals surface area contributed by atoms with E-state index in [2.05, 4.69) is 24.5 Å². The predicted molar refractivity (Wildman–Crippen MR) is 140 cm³/mol. The Labute approximate surface area is 210 Å². The molecule has 0 aromatic heterocycles. The highest BCUT2D eigenvalue weighted by molar-refractivity contribution is 14.0. The fraction of sp³-hybridized carbons (Fsp3) is 0.720. The average molecular weight is 562 g/mol. The molecule has 0 spiro atoms. The van der Waals surface area contributed by atoms with Crippen molar-refractivity contribution in [2.24, 2.45) is 10.4 Å². The molecule has 0 amide bonds. The highest BCUT2D eigenvalue weighted by Crippen LogP contribution is 2.41. The minimum atomic E-state index is -0.179. The number of nitrogens with zero attached hydrogens (tertiary/aromatic N) is 1. The molecule has 0 unspecified atom stereocenters. The van der Waals surface area contributed by atoms with Crippen LogP contribution in [0, 0.1) is 11.2 Å². The SMILES string of the molecule is CCNC(=NCC1(CCOCC)CCCC1)NCC1(c2cccc(F)c2)CCOCC1.I. The van der Waals surface area contributed by atoms with Gasteiger partial charge in [-0.25, -0.2) is 4.39 Å². The van der Waals surface area contributed by atoms with E-state index >= 15 is 0 Å². The summed E-state index contributed by atoms with van der Waals surface area (Å²) >= 11 is 0. The Morgan fingerprint density at radius 2 is 1.88 bits per heavy atom. The number of halogens is 2. The van der Waals surface area contributed by atoms with E-state index < -0.39 is 0 Å². The van der Waals surface area contributed by atoms with Crippen LogP contribution in [0.3, 0.4) is 0 Å². The Morgan fingerprint density at radius 3 is 2.53 bits per heavy atom. The number of nitrogens with one attached hydrogen (secondary N) is 2. The van der Waals surface area contributed by atoms with E-state index in [-0.39, 0.29) is 40.6 Å². The van der Waals surface area contributed by atoms with Gasteiger partial charge in [0.25, 0.3) is 0 Å². The summed E-state index contributed by atoms with van der Waals surface area (Å²) in [5, 5.41) is 7.00.